The molecular weight excluding hydrogens is 1740 g/mol. The van der Waals surface area contributed by atoms with Crippen LogP contribution in [0.2, 0.25) is 0 Å². The van der Waals surface area contributed by atoms with Gasteiger partial charge in [-0.3, -0.25) is 14.1 Å². The number of imidazole rings is 5. The summed E-state index contributed by atoms with van der Waals surface area (Å²) in [6.45, 7) is 20.8. The molecule has 2 atom stereocenters. The lowest BCUT2D eigenvalue weighted by molar-refractivity contribution is 0.404. The molecule has 12 aliphatic rings. The Morgan fingerprint density at radius 2 is 0.707 bits per heavy atom. The standard InChI is InChI=1S/C24H35N2P.C19H27N2OP.C19H33N2P.C18H31N2P.C18H24NOP.C16H27N2P/c1-18-16-19(2)23(20(3)17-18)26-15-14-25-24(26)27(21-10-6-4-7-11-21)22-12-8-5-9-13-22;1-3-8-16(9-4-1)23(17-10-5-2-6-11-17)19-20-13-14-21(19)18-12-7-15-22-18;1-19(2,3)21-15-14-20-18(21)22(16-10-6-4-7-11-16)17-12-8-5-9-13-17;1-15(2)20-14-13-19-18(20)21(16-9-5-3-6-10-16)17-11-7-4-8-12-17;1-20-17-11-7-6-10-15(17)16-12-13-19-18(16)21(2)14-8-4-3-5-9-14;1-18-13-12-17-16(18)19(14-8-4-2-5-9-14)15-10-6-3-7-11-15/h14-17,21-22H,4-13H2,1-3H3;7,12-17H,1-6,8-11H2;14-17H,4-13H2,1-3H3;13-17H,3-12H2,1-2H3;6-7,10-14,16H,3-5,8-9H2,1-2H3;12-15H,2-11H2,1H3. The van der Waals surface area contributed by atoms with E-state index < -0.39 is 0 Å². The van der Waals surface area contributed by atoms with E-state index in [-0.39, 0.29) is 53.1 Å². The zero-order valence-electron chi connectivity index (χ0n) is 84.9. The molecule has 2 unspecified atom stereocenters. The summed E-state index contributed by atoms with van der Waals surface area (Å²) in [5.74, 6) is 2.23. The van der Waals surface area contributed by atoms with E-state index in [1.165, 1.54) is 414 Å². The zero-order chi connectivity index (χ0) is 92.3. The van der Waals surface area contributed by atoms with Gasteiger partial charge in [-0.2, -0.15) is 0 Å². The van der Waals surface area contributed by atoms with Crippen molar-refractivity contribution in [1.82, 2.24) is 47.8 Å². The van der Waals surface area contributed by atoms with Crippen molar-refractivity contribution >= 4 is 80.8 Å². The largest absolute Gasteiger partial charge is 0.496 e. The van der Waals surface area contributed by atoms with Crippen LogP contribution in [0.3, 0.4) is 0 Å². The number of hydrogen-bond acceptors (Lipinski definition) is 8. The SMILES string of the molecule is CC(C)(C)n1ccnc1P(C1CCCCC1)C1CCCCC1.CC(C)n1ccnc1P(C1CCCCC1)C1CCCCC1.COc1ccccc1C1C=CN=C1P(C)C1CCCCC1.Cc1cc(C)c(-n2ccnc2P(C2CCCCC2)C2CCCCC2)c(C)c1.Cn1ccnc1P(C1CCCCC1)C1CCCCC1.c1coc(-n2ccnc2P(C2CCCCC2)C2CCCCC2)c1. The van der Waals surface area contributed by atoms with Gasteiger partial charge in [-0.15, -0.1) is 0 Å². The van der Waals surface area contributed by atoms with E-state index in [4.69, 9.17) is 39.1 Å². The Labute approximate surface area is 814 Å². The molecule has 13 nitrogen and oxygen atoms in total. The fourth-order valence-electron chi connectivity index (χ4n) is 26.0. The van der Waals surface area contributed by atoms with Gasteiger partial charge in [-0.25, -0.2) is 24.9 Å². The molecule has 11 fully saturated rings. The summed E-state index contributed by atoms with van der Waals surface area (Å²) < 4.78 is 23.2. The van der Waals surface area contributed by atoms with Crippen LogP contribution in [0.1, 0.15) is 422 Å². The normalized spacial score (nSPS) is 21.9. The van der Waals surface area contributed by atoms with Crippen molar-refractivity contribution in [2.24, 2.45) is 12.0 Å². The average Bonchev–Trinajstić information content (AvgIpc) is 1.69. The number of methoxy groups -OCH3 is 1. The number of ether oxygens (including phenoxy) is 1. The highest BCUT2D eigenvalue weighted by Gasteiger charge is 2.43. The molecule has 7 heterocycles. The van der Waals surface area contributed by atoms with Gasteiger partial charge in [-0.05, 0) is 328 Å². The van der Waals surface area contributed by atoms with E-state index in [9.17, 15) is 0 Å². The number of benzene rings is 2. The highest BCUT2D eigenvalue weighted by Crippen LogP contribution is 2.61. The van der Waals surface area contributed by atoms with Crippen LogP contribution in [0, 0.1) is 20.8 Å². The fraction of sp³-hybridized carbons (Fsp3) is 0.702. The lowest BCUT2D eigenvalue weighted by Gasteiger charge is -2.39. The summed E-state index contributed by atoms with van der Waals surface area (Å²) in [5, 5.41) is 0. The van der Waals surface area contributed by atoms with E-state index in [0.29, 0.717) is 12.0 Å². The molecule has 19 heteroatoms. The number of aliphatic imine (C=N–C) groups is 1. The number of rotatable bonds is 22. The summed E-state index contributed by atoms with van der Waals surface area (Å²) in [4.78, 5) is 29.2. The van der Waals surface area contributed by atoms with Gasteiger partial charge in [0, 0.05) is 98.4 Å². The topological polar surface area (TPSA) is 124 Å². The van der Waals surface area contributed by atoms with Gasteiger partial charge in [0.15, 0.2) is 0 Å². The maximum atomic E-state index is 5.68. The molecule has 1 aliphatic heterocycles. The number of allylic oxidation sites excluding steroid dienone is 1. The van der Waals surface area contributed by atoms with E-state index >= 15 is 0 Å². The van der Waals surface area contributed by atoms with Crippen molar-refractivity contribution < 1.29 is 9.15 Å². The molecule has 20 rings (SSSR count). The van der Waals surface area contributed by atoms with Gasteiger partial charge in [-0.1, -0.05) is 262 Å². The van der Waals surface area contributed by atoms with Crippen molar-refractivity contribution in [2.45, 2.75) is 488 Å². The molecule has 2 aromatic carbocycles. The number of aromatic nitrogens is 10. The Morgan fingerprint density at radius 1 is 0.376 bits per heavy atom. The second kappa shape index (κ2) is 52.9. The van der Waals surface area contributed by atoms with Crippen LogP contribution < -0.4 is 32.6 Å². The molecular formula is C114H177N11O2P6. The van der Waals surface area contributed by atoms with Crippen molar-refractivity contribution in [3.63, 3.8) is 0 Å². The van der Waals surface area contributed by atoms with E-state index in [1.807, 2.05) is 30.7 Å². The van der Waals surface area contributed by atoms with E-state index in [0.717, 1.165) is 73.9 Å². The molecule has 0 saturated heterocycles. The van der Waals surface area contributed by atoms with Gasteiger partial charge >= 0.3 is 0 Å². The first kappa shape index (κ1) is 103. The highest BCUT2D eigenvalue weighted by atomic mass is 31.1. The van der Waals surface area contributed by atoms with Crippen LogP contribution in [0.15, 0.2) is 138 Å². The molecule has 0 spiro atoms. The average molecular weight is 1920 g/mol. The van der Waals surface area contributed by atoms with E-state index in [2.05, 4.69) is 184 Å². The van der Waals surface area contributed by atoms with Crippen molar-refractivity contribution in [3.05, 3.63) is 151 Å². The summed E-state index contributed by atoms with van der Waals surface area (Å²) in [6.07, 6.45) is 106. The molecule has 11 aliphatic carbocycles. The monoisotopic (exact) mass is 1920 g/mol. The second-order valence-electron chi connectivity index (χ2n) is 43.6. The third-order valence-electron chi connectivity index (χ3n) is 32.8. The molecule has 133 heavy (non-hydrogen) atoms. The Balaban J connectivity index is 0.000000122. The molecule has 0 radical (unpaired) electrons. The van der Waals surface area contributed by atoms with Crippen molar-refractivity contribution in [1.29, 1.82) is 0 Å². The molecule has 6 aromatic heterocycles. The number of aryl methyl sites for hydroxylation is 4. The highest BCUT2D eigenvalue weighted by molar-refractivity contribution is 7.75. The van der Waals surface area contributed by atoms with Crippen LogP contribution in [0.5, 0.6) is 5.75 Å². The van der Waals surface area contributed by atoms with Crippen LogP contribution in [0.4, 0.5) is 0 Å². The minimum atomic E-state index is -0.189. The third-order valence-corrected chi connectivity index (χ3v) is 52.6. The first-order valence-corrected chi connectivity index (χ1v) is 64.1. The van der Waals surface area contributed by atoms with Crippen LogP contribution in [0.25, 0.3) is 11.6 Å². The van der Waals surface area contributed by atoms with E-state index in [1.54, 1.807) is 13.4 Å². The van der Waals surface area contributed by atoms with Crippen LogP contribution >= 0.6 is 47.5 Å². The van der Waals surface area contributed by atoms with Crippen molar-refractivity contribution in [3.8, 4) is 17.3 Å². The predicted molar refractivity (Wildman–Crippen MR) is 580 cm³/mol. The number of furan rings is 1. The first-order chi connectivity index (χ1) is 65.1. The van der Waals surface area contributed by atoms with Gasteiger partial charge in [0.2, 0.25) is 5.88 Å². The number of nitrogens with zero attached hydrogens (tertiary/aromatic N) is 11. The third kappa shape index (κ3) is 27.7. The Morgan fingerprint density at radius 3 is 1.08 bits per heavy atom. The lowest BCUT2D eigenvalue weighted by Crippen LogP contribution is -2.36. The van der Waals surface area contributed by atoms with Gasteiger partial charge in [0.05, 0.1) is 30.4 Å². The van der Waals surface area contributed by atoms with Gasteiger partial charge in [0.25, 0.3) is 0 Å². The summed E-state index contributed by atoms with van der Waals surface area (Å²) in [6, 6.07) is 17.6. The zero-order valence-corrected chi connectivity index (χ0v) is 90.3. The predicted octanol–water partition coefficient (Wildman–Crippen LogP) is 31.8. The number of para-hydroxylation sites is 1. The Kier molecular flexibility index (Phi) is 40.9. The maximum absolute atomic E-state index is 5.68. The fourth-order valence-corrected chi connectivity index (χ4v) is 47.4. The van der Waals surface area contributed by atoms with Crippen molar-refractivity contribution in [2.75, 3.05) is 13.8 Å². The molecule has 0 amide bonds. The second-order valence-corrected chi connectivity index (χ2v) is 59.4. The molecule has 8 aromatic rings. The molecule has 0 N–H and O–H groups in total. The van der Waals surface area contributed by atoms with Crippen LogP contribution in [-0.4, -0.2) is 129 Å². The van der Waals surface area contributed by atoms with Gasteiger partial charge in [0.1, 0.15) is 33.6 Å². The summed E-state index contributed by atoms with van der Waals surface area (Å²) in [5.41, 5.74) is 25.5. The smallest absolute Gasteiger partial charge is 0.204 e. The van der Waals surface area contributed by atoms with Crippen LogP contribution in [-0.2, 0) is 12.6 Å². The Bertz CT molecular complexity index is 4580. The summed E-state index contributed by atoms with van der Waals surface area (Å²) >= 11 is 0. The maximum Gasteiger partial charge on any atom is 0.204 e. The minimum absolute atomic E-state index is 0.0240. The Hall–Kier alpha value is -4.44. The lowest BCUT2D eigenvalue weighted by atomic mass is 9.99. The van der Waals surface area contributed by atoms with Gasteiger partial charge < -0.3 is 22.9 Å². The molecule has 730 valence electrons. The first-order valence-electron chi connectivity index (χ1n) is 54.8. The minimum Gasteiger partial charge on any atom is -0.496 e. The number of hydrogen-bond donors (Lipinski definition) is 0. The molecule has 0 bridgehead atoms. The molecule has 11 saturated carbocycles. The summed E-state index contributed by atoms with van der Waals surface area (Å²) in [7, 11) is 3.27. The quantitative estimate of drug-likeness (QED) is 0.0619.